The predicted octanol–water partition coefficient (Wildman–Crippen LogP) is 0.511. The maximum Gasteiger partial charge on any atom is 0.396 e. The normalized spacial score (nSPS) is 9.88. The number of thioether (sulfide) groups is 1. The third-order valence-electron chi connectivity index (χ3n) is 1.40. The summed E-state index contributed by atoms with van der Waals surface area (Å²) in [5, 5.41) is 7.16. The third-order valence-corrected chi connectivity index (χ3v) is 2.19. The molecular formula is C8H10N2O5S. The van der Waals surface area contributed by atoms with E-state index in [-0.39, 0.29) is 23.5 Å². The van der Waals surface area contributed by atoms with Crippen LogP contribution in [0.4, 0.5) is 0 Å². The van der Waals surface area contributed by atoms with Crippen molar-refractivity contribution in [3.05, 3.63) is 5.89 Å². The van der Waals surface area contributed by atoms with Crippen molar-refractivity contribution in [3.63, 3.8) is 0 Å². The Morgan fingerprint density at radius 1 is 1.44 bits per heavy atom. The van der Waals surface area contributed by atoms with Crippen molar-refractivity contribution in [1.29, 1.82) is 0 Å². The number of methoxy groups -OCH3 is 1. The fraction of sp³-hybridized carbons (Fsp3) is 0.500. The molecule has 0 aliphatic carbocycles. The molecule has 1 aromatic heterocycles. The summed E-state index contributed by atoms with van der Waals surface area (Å²) >= 11 is 0.987. The minimum Gasteiger partial charge on any atom is -0.468 e. The number of carbonyl (C=O) groups is 2. The Hall–Kier alpha value is -1.57. The first kappa shape index (κ1) is 12.5. The Balaban J connectivity index is 2.51. The molecule has 0 saturated carbocycles. The minimum absolute atomic E-state index is 0.0426. The van der Waals surface area contributed by atoms with Crippen molar-refractivity contribution in [1.82, 2.24) is 10.2 Å². The zero-order valence-electron chi connectivity index (χ0n) is 8.76. The highest BCUT2D eigenvalue weighted by Gasteiger charge is 2.16. The second-order valence-electron chi connectivity index (χ2n) is 2.46. The Kier molecular flexibility index (Phi) is 4.77. The average Bonchev–Trinajstić information content (AvgIpc) is 2.75. The summed E-state index contributed by atoms with van der Waals surface area (Å²) in [5.74, 6) is -1.28. The van der Waals surface area contributed by atoms with E-state index in [4.69, 9.17) is 4.42 Å². The number of esters is 2. The molecule has 0 fully saturated rings. The molecule has 1 heterocycles. The van der Waals surface area contributed by atoms with Crippen molar-refractivity contribution in [2.75, 3.05) is 19.5 Å². The molecule has 88 valence electrons. The van der Waals surface area contributed by atoms with Gasteiger partial charge >= 0.3 is 17.8 Å². The highest BCUT2D eigenvalue weighted by atomic mass is 32.2. The van der Waals surface area contributed by atoms with Crippen LogP contribution in [0.5, 0.6) is 0 Å². The lowest BCUT2D eigenvalue weighted by Gasteiger charge is -1.95. The van der Waals surface area contributed by atoms with Gasteiger partial charge in [-0.3, -0.25) is 4.79 Å². The lowest BCUT2D eigenvalue weighted by Crippen LogP contribution is -2.04. The summed E-state index contributed by atoms with van der Waals surface area (Å²) in [6, 6.07) is 0. The number of carbonyl (C=O) groups excluding carboxylic acids is 2. The van der Waals surface area contributed by atoms with Gasteiger partial charge in [-0.15, -0.1) is 5.10 Å². The molecule has 0 unspecified atom stereocenters. The third kappa shape index (κ3) is 3.54. The molecule has 0 radical (unpaired) electrons. The second-order valence-corrected chi connectivity index (χ2v) is 3.38. The first-order valence-corrected chi connectivity index (χ1v) is 5.36. The van der Waals surface area contributed by atoms with Crippen LogP contribution in [0, 0.1) is 0 Å². The molecular weight excluding hydrogens is 236 g/mol. The van der Waals surface area contributed by atoms with Gasteiger partial charge < -0.3 is 13.9 Å². The van der Waals surface area contributed by atoms with Gasteiger partial charge in [0.1, 0.15) is 5.75 Å². The summed E-state index contributed by atoms with van der Waals surface area (Å²) in [6.45, 7) is 1.90. The molecule has 0 saturated heterocycles. The molecule has 0 aliphatic heterocycles. The van der Waals surface area contributed by atoms with Crippen molar-refractivity contribution in [2.24, 2.45) is 0 Å². The maximum absolute atomic E-state index is 11.1. The average molecular weight is 246 g/mol. The van der Waals surface area contributed by atoms with E-state index in [0.29, 0.717) is 0 Å². The van der Waals surface area contributed by atoms with Gasteiger partial charge in [0.25, 0.3) is 5.22 Å². The van der Waals surface area contributed by atoms with E-state index < -0.39 is 11.9 Å². The Morgan fingerprint density at radius 2 is 2.19 bits per heavy atom. The minimum atomic E-state index is -0.681. The van der Waals surface area contributed by atoms with Crippen LogP contribution in [-0.2, 0) is 14.3 Å². The van der Waals surface area contributed by atoms with Crippen molar-refractivity contribution in [2.45, 2.75) is 12.1 Å². The zero-order chi connectivity index (χ0) is 12.0. The Bertz CT molecular complexity index is 378. The Morgan fingerprint density at radius 3 is 2.81 bits per heavy atom. The van der Waals surface area contributed by atoms with Crippen LogP contribution in [-0.4, -0.2) is 41.6 Å². The molecule has 1 rings (SSSR count). The molecule has 0 aromatic carbocycles. The van der Waals surface area contributed by atoms with Crippen LogP contribution in [0.25, 0.3) is 0 Å². The maximum atomic E-state index is 11.1. The van der Waals surface area contributed by atoms with Gasteiger partial charge in [0, 0.05) is 0 Å². The van der Waals surface area contributed by atoms with Gasteiger partial charge in [0.15, 0.2) is 0 Å². The molecule has 0 atom stereocenters. The first-order chi connectivity index (χ1) is 7.67. The number of hydrogen-bond donors (Lipinski definition) is 0. The molecule has 0 spiro atoms. The van der Waals surface area contributed by atoms with Crippen LogP contribution < -0.4 is 0 Å². The van der Waals surface area contributed by atoms with Gasteiger partial charge in [-0.1, -0.05) is 16.9 Å². The smallest absolute Gasteiger partial charge is 0.396 e. The van der Waals surface area contributed by atoms with Crippen LogP contribution in [0.3, 0.4) is 0 Å². The van der Waals surface area contributed by atoms with Crippen molar-refractivity contribution >= 4 is 23.7 Å². The van der Waals surface area contributed by atoms with Crippen LogP contribution >= 0.6 is 11.8 Å². The van der Waals surface area contributed by atoms with Gasteiger partial charge in [0.2, 0.25) is 0 Å². The summed E-state index contributed by atoms with van der Waals surface area (Å²) < 4.78 is 14.0. The van der Waals surface area contributed by atoms with Crippen LogP contribution in [0.1, 0.15) is 17.6 Å². The van der Waals surface area contributed by atoms with E-state index in [1.54, 1.807) is 6.92 Å². The van der Waals surface area contributed by atoms with Crippen LogP contribution in [0.2, 0.25) is 0 Å². The van der Waals surface area contributed by atoms with Gasteiger partial charge in [0.05, 0.1) is 13.7 Å². The van der Waals surface area contributed by atoms with Crippen LogP contribution in [0.15, 0.2) is 9.64 Å². The van der Waals surface area contributed by atoms with E-state index in [9.17, 15) is 9.59 Å². The monoisotopic (exact) mass is 246 g/mol. The fourth-order valence-electron chi connectivity index (χ4n) is 0.723. The quantitative estimate of drug-likeness (QED) is 0.548. The van der Waals surface area contributed by atoms with E-state index in [2.05, 4.69) is 19.7 Å². The van der Waals surface area contributed by atoms with Gasteiger partial charge in [-0.05, 0) is 6.92 Å². The number of rotatable bonds is 5. The zero-order valence-corrected chi connectivity index (χ0v) is 9.57. The summed E-state index contributed by atoms with van der Waals surface area (Å²) in [6.07, 6.45) is 0. The summed E-state index contributed by atoms with van der Waals surface area (Å²) in [4.78, 5) is 21.9. The molecule has 0 amide bonds. The second kappa shape index (κ2) is 6.11. The lowest BCUT2D eigenvalue weighted by atomic mass is 10.7. The highest BCUT2D eigenvalue weighted by Crippen LogP contribution is 2.16. The number of ether oxygens (including phenoxy) is 2. The van der Waals surface area contributed by atoms with E-state index >= 15 is 0 Å². The van der Waals surface area contributed by atoms with Crippen molar-refractivity contribution in [3.8, 4) is 0 Å². The standard InChI is InChI=1S/C8H10N2O5S/c1-3-14-7(12)6-9-10-8(15-6)16-4-5(11)13-2/h3-4H2,1-2H3. The van der Waals surface area contributed by atoms with Gasteiger partial charge in [-0.2, -0.15) is 0 Å². The van der Waals surface area contributed by atoms with E-state index in [1.165, 1.54) is 7.11 Å². The SMILES string of the molecule is CCOC(=O)c1nnc(SCC(=O)OC)o1. The molecule has 1 aromatic rings. The molecule has 8 heteroatoms. The number of nitrogens with zero attached hydrogens (tertiary/aromatic N) is 2. The van der Waals surface area contributed by atoms with E-state index in [0.717, 1.165) is 11.8 Å². The van der Waals surface area contributed by atoms with Gasteiger partial charge in [-0.25, -0.2) is 4.79 Å². The summed E-state index contributed by atoms with van der Waals surface area (Å²) in [5.41, 5.74) is 0. The fourth-order valence-corrected chi connectivity index (χ4v) is 1.32. The Labute approximate surface area is 95.5 Å². The molecule has 16 heavy (non-hydrogen) atoms. The van der Waals surface area contributed by atoms with Crippen molar-refractivity contribution < 1.29 is 23.5 Å². The molecule has 0 N–H and O–H groups in total. The molecule has 0 aliphatic rings. The summed E-state index contributed by atoms with van der Waals surface area (Å²) in [7, 11) is 1.28. The highest BCUT2D eigenvalue weighted by molar-refractivity contribution is 7.99. The predicted molar refractivity (Wildman–Crippen MR) is 53.0 cm³/mol. The molecule has 7 nitrogen and oxygen atoms in total. The number of hydrogen-bond acceptors (Lipinski definition) is 8. The first-order valence-electron chi connectivity index (χ1n) is 4.37. The molecule has 0 bridgehead atoms. The topological polar surface area (TPSA) is 91.5 Å². The van der Waals surface area contributed by atoms with E-state index in [1.807, 2.05) is 0 Å². The number of aromatic nitrogens is 2. The largest absolute Gasteiger partial charge is 0.468 e. The lowest BCUT2D eigenvalue weighted by molar-refractivity contribution is -0.137.